The third kappa shape index (κ3) is 6.27. The Labute approximate surface area is 151 Å². The predicted octanol–water partition coefficient (Wildman–Crippen LogP) is 3.38. The van der Waals surface area contributed by atoms with E-state index in [2.05, 4.69) is 65.7 Å². The van der Waals surface area contributed by atoms with Crippen molar-refractivity contribution in [2.45, 2.75) is 45.9 Å². The van der Waals surface area contributed by atoms with Crippen LogP contribution < -0.4 is 10.6 Å². The average Bonchev–Trinajstić information content (AvgIpc) is 3.12. The Morgan fingerprint density at radius 3 is 2.56 bits per heavy atom. The second-order valence-corrected chi connectivity index (χ2v) is 6.40. The molecule has 5 heteroatoms. The topological polar surface area (TPSA) is 52.8 Å². The van der Waals surface area contributed by atoms with Crippen LogP contribution >= 0.6 is 0 Å². The minimum Gasteiger partial charge on any atom is -0.468 e. The minimum atomic E-state index is 0.404. The van der Waals surface area contributed by atoms with Crippen LogP contribution in [-0.4, -0.2) is 31.0 Å². The quantitative estimate of drug-likeness (QED) is 0.570. The maximum Gasteiger partial charge on any atom is 0.191 e. The van der Waals surface area contributed by atoms with Crippen LogP contribution in [0.2, 0.25) is 0 Å². The molecule has 0 aliphatic rings. The highest BCUT2D eigenvalue weighted by Crippen LogP contribution is 2.13. The standard InChI is InChI=1S/C20H30N4O/c1-5-16(2)23-20(21-3)22-13-17-9-6-7-10-18(17)14-24(4)15-19-11-8-12-25-19/h6-12,16H,5,13-15H2,1-4H3,(H2,21,22,23). The Morgan fingerprint density at radius 2 is 1.92 bits per heavy atom. The van der Waals surface area contributed by atoms with Crippen molar-refractivity contribution in [3.63, 3.8) is 0 Å². The Balaban J connectivity index is 1.95. The molecule has 0 saturated heterocycles. The first-order chi connectivity index (χ1) is 12.1. The largest absolute Gasteiger partial charge is 0.468 e. The molecule has 1 atom stereocenters. The van der Waals surface area contributed by atoms with Gasteiger partial charge in [0.05, 0.1) is 12.8 Å². The highest BCUT2D eigenvalue weighted by atomic mass is 16.3. The van der Waals surface area contributed by atoms with Gasteiger partial charge in [0.2, 0.25) is 0 Å². The van der Waals surface area contributed by atoms with Crippen LogP contribution in [-0.2, 0) is 19.6 Å². The molecule has 0 radical (unpaired) electrons. The van der Waals surface area contributed by atoms with Gasteiger partial charge in [-0.3, -0.25) is 9.89 Å². The molecule has 136 valence electrons. The average molecular weight is 342 g/mol. The van der Waals surface area contributed by atoms with Gasteiger partial charge in [-0.05, 0) is 43.7 Å². The van der Waals surface area contributed by atoms with Crippen molar-refractivity contribution in [1.82, 2.24) is 15.5 Å². The number of hydrogen-bond acceptors (Lipinski definition) is 3. The third-order valence-electron chi connectivity index (χ3n) is 4.23. The van der Waals surface area contributed by atoms with E-state index in [1.165, 1.54) is 11.1 Å². The lowest BCUT2D eigenvalue weighted by Gasteiger charge is -2.20. The van der Waals surface area contributed by atoms with E-state index in [1.807, 2.05) is 12.1 Å². The van der Waals surface area contributed by atoms with Crippen LogP contribution in [0.25, 0.3) is 0 Å². The van der Waals surface area contributed by atoms with Crippen LogP contribution in [0.3, 0.4) is 0 Å². The van der Waals surface area contributed by atoms with Gasteiger partial charge in [0, 0.05) is 26.2 Å². The fraction of sp³-hybridized carbons (Fsp3) is 0.450. The van der Waals surface area contributed by atoms with Gasteiger partial charge in [0.1, 0.15) is 5.76 Å². The van der Waals surface area contributed by atoms with Gasteiger partial charge in [0.15, 0.2) is 5.96 Å². The van der Waals surface area contributed by atoms with E-state index < -0.39 is 0 Å². The van der Waals surface area contributed by atoms with Crippen molar-refractivity contribution in [3.8, 4) is 0 Å². The lowest BCUT2D eigenvalue weighted by Crippen LogP contribution is -2.41. The summed E-state index contributed by atoms with van der Waals surface area (Å²) >= 11 is 0. The molecule has 0 saturated carbocycles. The summed E-state index contributed by atoms with van der Waals surface area (Å²) in [6.07, 6.45) is 2.78. The molecule has 1 heterocycles. The molecule has 0 spiro atoms. The van der Waals surface area contributed by atoms with E-state index in [0.29, 0.717) is 6.04 Å². The second kappa shape index (κ2) is 9.89. The van der Waals surface area contributed by atoms with Gasteiger partial charge in [-0.25, -0.2) is 0 Å². The predicted molar refractivity (Wildman–Crippen MR) is 103 cm³/mol. The normalized spacial score (nSPS) is 13.1. The minimum absolute atomic E-state index is 0.404. The number of guanidine groups is 1. The molecule has 1 unspecified atom stereocenters. The van der Waals surface area contributed by atoms with Crippen LogP contribution in [0.4, 0.5) is 0 Å². The van der Waals surface area contributed by atoms with E-state index >= 15 is 0 Å². The number of aliphatic imine (C=N–C) groups is 1. The van der Waals surface area contributed by atoms with Crippen molar-refractivity contribution >= 4 is 5.96 Å². The van der Waals surface area contributed by atoms with E-state index in [0.717, 1.165) is 37.8 Å². The first-order valence-electron chi connectivity index (χ1n) is 8.87. The van der Waals surface area contributed by atoms with Crippen molar-refractivity contribution in [2.24, 2.45) is 4.99 Å². The first kappa shape index (κ1) is 19.1. The van der Waals surface area contributed by atoms with Gasteiger partial charge in [-0.1, -0.05) is 31.2 Å². The molecule has 0 bridgehead atoms. The van der Waals surface area contributed by atoms with Crippen molar-refractivity contribution < 1.29 is 4.42 Å². The fourth-order valence-electron chi connectivity index (χ4n) is 2.61. The van der Waals surface area contributed by atoms with Crippen LogP contribution in [0.15, 0.2) is 52.1 Å². The maximum absolute atomic E-state index is 5.44. The third-order valence-corrected chi connectivity index (χ3v) is 4.23. The lowest BCUT2D eigenvalue weighted by atomic mass is 10.1. The molecule has 1 aromatic carbocycles. The highest BCUT2D eigenvalue weighted by molar-refractivity contribution is 5.79. The summed E-state index contributed by atoms with van der Waals surface area (Å²) in [5, 5.41) is 6.80. The van der Waals surface area contributed by atoms with E-state index in [9.17, 15) is 0 Å². The Hall–Kier alpha value is -2.27. The van der Waals surface area contributed by atoms with Gasteiger partial charge in [0.25, 0.3) is 0 Å². The molecule has 0 aliphatic heterocycles. The molecule has 0 aliphatic carbocycles. The van der Waals surface area contributed by atoms with E-state index in [1.54, 1.807) is 13.3 Å². The molecule has 0 amide bonds. The number of nitrogens with one attached hydrogen (secondary N) is 2. The van der Waals surface area contributed by atoms with Gasteiger partial charge in [-0.2, -0.15) is 0 Å². The summed E-state index contributed by atoms with van der Waals surface area (Å²) < 4.78 is 5.44. The molecule has 2 aromatic rings. The molecular formula is C20H30N4O. The Morgan fingerprint density at radius 1 is 1.16 bits per heavy atom. The van der Waals surface area contributed by atoms with Gasteiger partial charge < -0.3 is 15.1 Å². The zero-order chi connectivity index (χ0) is 18.1. The molecule has 25 heavy (non-hydrogen) atoms. The zero-order valence-corrected chi connectivity index (χ0v) is 15.7. The summed E-state index contributed by atoms with van der Waals surface area (Å²) in [4.78, 5) is 6.56. The van der Waals surface area contributed by atoms with E-state index in [4.69, 9.17) is 4.42 Å². The van der Waals surface area contributed by atoms with Crippen molar-refractivity contribution in [1.29, 1.82) is 0 Å². The van der Waals surface area contributed by atoms with E-state index in [-0.39, 0.29) is 0 Å². The molecular weight excluding hydrogens is 312 g/mol. The monoisotopic (exact) mass is 342 g/mol. The van der Waals surface area contributed by atoms with Gasteiger partial charge in [-0.15, -0.1) is 0 Å². The highest BCUT2D eigenvalue weighted by Gasteiger charge is 2.09. The van der Waals surface area contributed by atoms with Crippen molar-refractivity contribution in [2.75, 3.05) is 14.1 Å². The summed E-state index contributed by atoms with van der Waals surface area (Å²) in [5.41, 5.74) is 2.59. The maximum atomic E-state index is 5.44. The Bertz CT molecular complexity index is 651. The molecule has 1 aromatic heterocycles. The molecule has 0 fully saturated rings. The Kier molecular flexibility index (Phi) is 7.54. The van der Waals surface area contributed by atoms with Crippen LogP contribution in [0.5, 0.6) is 0 Å². The summed E-state index contributed by atoms with van der Waals surface area (Å²) in [5.74, 6) is 1.82. The number of furan rings is 1. The number of benzene rings is 1. The number of rotatable bonds is 8. The summed E-state index contributed by atoms with van der Waals surface area (Å²) in [6.45, 7) is 6.74. The first-order valence-corrected chi connectivity index (χ1v) is 8.87. The number of hydrogen-bond donors (Lipinski definition) is 2. The summed E-state index contributed by atoms with van der Waals surface area (Å²) in [7, 11) is 3.91. The zero-order valence-electron chi connectivity index (χ0n) is 15.7. The number of nitrogens with zero attached hydrogens (tertiary/aromatic N) is 2. The lowest BCUT2D eigenvalue weighted by molar-refractivity contribution is 0.287. The SMILES string of the molecule is CCC(C)NC(=NC)NCc1ccccc1CN(C)Cc1ccco1. The second-order valence-electron chi connectivity index (χ2n) is 6.40. The molecule has 2 N–H and O–H groups in total. The molecule has 5 nitrogen and oxygen atoms in total. The van der Waals surface area contributed by atoms with Crippen LogP contribution in [0.1, 0.15) is 37.2 Å². The van der Waals surface area contributed by atoms with Crippen LogP contribution in [0, 0.1) is 0 Å². The smallest absolute Gasteiger partial charge is 0.191 e. The summed E-state index contributed by atoms with van der Waals surface area (Å²) in [6, 6.07) is 12.9. The fourth-order valence-corrected chi connectivity index (χ4v) is 2.61. The molecule has 2 rings (SSSR count). The van der Waals surface area contributed by atoms with Crippen molar-refractivity contribution in [3.05, 3.63) is 59.5 Å². The van der Waals surface area contributed by atoms with Gasteiger partial charge >= 0.3 is 0 Å².